The quantitative estimate of drug-likeness (QED) is 0.823. The van der Waals surface area contributed by atoms with Crippen LogP contribution < -0.4 is 5.32 Å². The Labute approximate surface area is 128 Å². The van der Waals surface area contributed by atoms with E-state index in [1.807, 2.05) is 18.2 Å². The highest BCUT2D eigenvalue weighted by Crippen LogP contribution is 2.20. The Kier molecular flexibility index (Phi) is 5.99. The summed E-state index contributed by atoms with van der Waals surface area (Å²) >= 11 is 5.99. The summed E-state index contributed by atoms with van der Waals surface area (Å²) in [6.07, 6.45) is -0.701. The van der Waals surface area contributed by atoms with Gasteiger partial charge in [-0.1, -0.05) is 41.9 Å². The van der Waals surface area contributed by atoms with Gasteiger partial charge in [-0.05, 0) is 18.2 Å². The molecule has 0 heterocycles. The highest BCUT2D eigenvalue weighted by atomic mass is 35.5. The van der Waals surface area contributed by atoms with Gasteiger partial charge in [-0.3, -0.25) is 0 Å². The van der Waals surface area contributed by atoms with E-state index in [9.17, 15) is 9.50 Å². The first-order chi connectivity index (χ1) is 10.2. The molecular weight excluding hydrogens is 293 g/mol. The molecule has 2 aromatic rings. The summed E-state index contributed by atoms with van der Waals surface area (Å²) in [7, 11) is 0. The molecule has 0 aromatic heterocycles. The van der Waals surface area contributed by atoms with Crippen LogP contribution in [0, 0.1) is 5.82 Å². The number of benzene rings is 2. The van der Waals surface area contributed by atoms with Gasteiger partial charge in [-0.2, -0.15) is 0 Å². The number of aliphatic hydroxyl groups excluding tert-OH is 1. The number of hydrogen-bond acceptors (Lipinski definition) is 3. The third-order valence-electron chi connectivity index (χ3n) is 2.93. The Hall–Kier alpha value is -1.62. The zero-order valence-electron chi connectivity index (χ0n) is 11.4. The second-order valence-electron chi connectivity index (χ2n) is 4.62. The van der Waals surface area contributed by atoms with Crippen molar-refractivity contribution in [3.8, 4) is 0 Å². The van der Waals surface area contributed by atoms with Crippen molar-refractivity contribution in [3.05, 3.63) is 64.9 Å². The van der Waals surface area contributed by atoms with Crippen LogP contribution in [0.4, 0.5) is 10.1 Å². The molecule has 0 aliphatic rings. The molecule has 5 heteroatoms. The van der Waals surface area contributed by atoms with Gasteiger partial charge in [0, 0.05) is 12.1 Å². The van der Waals surface area contributed by atoms with E-state index in [0.29, 0.717) is 17.1 Å². The van der Waals surface area contributed by atoms with Crippen molar-refractivity contribution < 1.29 is 14.2 Å². The van der Waals surface area contributed by atoms with Crippen LogP contribution in [0.2, 0.25) is 5.02 Å². The van der Waals surface area contributed by atoms with Gasteiger partial charge in [0.15, 0.2) is 0 Å². The summed E-state index contributed by atoms with van der Waals surface area (Å²) in [6.45, 7) is 0.558. The largest absolute Gasteiger partial charge is 0.389 e. The molecule has 112 valence electrons. The Morgan fingerprint density at radius 3 is 2.62 bits per heavy atom. The highest BCUT2D eigenvalue weighted by molar-refractivity contribution is 6.33. The summed E-state index contributed by atoms with van der Waals surface area (Å²) in [5.41, 5.74) is 1.23. The van der Waals surface area contributed by atoms with E-state index in [2.05, 4.69) is 5.32 Å². The molecular formula is C16H17ClFNO2. The van der Waals surface area contributed by atoms with E-state index in [1.54, 1.807) is 24.3 Å². The van der Waals surface area contributed by atoms with E-state index in [1.165, 1.54) is 6.07 Å². The number of anilines is 1. The monoisotopic (exact) mass is 309 g/mol. The topological polar surface area (TPSA) is 41.5 Å². The Morgan fingerprint density at radius 1 is 1.14 bits per heavy atom. The normalized spacial score (nSPS) is 12.1. The molecule has 3 nitrogen and oxygen atoms in total. The van der Waals surface area contributed by atoms with Crippen LogP contribution >= 0.6 is 11.6 Å². The van der Waals surface area contributed by atoms with Crippen LogP contribution in [0.1, 0.15) is 5.56 Å². The molecule has 0 spiro atoms. The molecule has 21 heavy (non-hydrogen) atoms. The van der Waals surface area contributed by atoms with Gasteiger partial charge < -0.3 is 15.2 Å². The number of ether oxygens (including phenoxy) is 1. The van der Waals surface area contributed by atoms with Crippen LogP contribution in [0.3, 0.4) is 0 Å². The average molecular weight is 310 g/mol. The fourth-order valence-electron chi connectivity index (χ4n) is 1.81. The number of aliphatic hydroxyl groups is 1. The first-order valence-electron chi connectivity index (χ1n) is 6.64. The fraction of sp³-hybridized carbons (Fsp3) is 0.250. The number of rotatable bonds is 7. The van der Waals surface area contributed by atoms with E-state index in [4.69, 9.17) is 16.3 Å². The molecule has 0 aliphatic carbocycles. The Balaban J connectivity index is 1.72. The number of para-hydroxylation sites is 1. The minimum Gasteiger partial charge on any atom is -0.389 e. The minimum absolute atomic E-state index is 0.117. The van der Waals surface area contributed by atoms with Crippen molar-refractivity contribution in [2.45, 2.75) is 12.7 Å². The molecule has 0 saturated carbocycles. The van der Waals surface area contributed by atoms with E-state index in [0.717, 1.165) is 5.69 Å². The number of nitrogens with one attached hydrogen (secondary N) is 1. The molecule has 0 aliphatic heterocycles. The third-order valence-corrected chi connectivity index (χ3v) is 3.26. The van der Waals surface area contributed by atoms with Crippen LogP contribution in [0.15, 0.2) is 48.5 Å². The summed E-state index contributed by atoms with van der Waals surface area (Å²) in [6, 6.07) is 13.7. The van der Waals surface area contributed by atoms with Crippen LogP contribution in [-0.2, 0) is 11.3 Å². The molecule has 0 bridgehead atoms. The molecule has 0 saturated heterocycles. The molecule has 0 radical (unpaired) electrons. The molecule has 2 aromatic carbocycles. The van der Waals surface area contributed by atoms with Gasteiger partial charge in [0.2, 0.25) is 0 Å². The van der Waals surface area contributed by atoms with E-state index >= 15 is 0 Å². The number of hydrogen-bond donors (Lipinski definition) is 2. The van der Waals surface area contributed by atoms with Crippen molar-refractivity contribution in [2.75, 3.05) is 18.5 Å². The van der Waals surface area contributed by atoms with Crippen LogP contribution in [-0.4, -0.2) is 24.4 Å². The minimum atomic E-state index is -0.701. The van der Waals surface area contributed by atoms with Crippen molar-refractivity contribution >= 4 is 17.3 Å². The van der Waals surface area contributed by atoms with Gasteiger partial charge in [-0.25, -0.2) is 4.39 Å². The van der Waals surface area contributed by atoms with E-state index in [-0.39, 0.29) is 19.0 Å². The van der Waals surface area contributed by atoms with Crippen LogP contribution in [0.5, 0.6) is 0 Å². The summed E-state index contributed by atoms with van der Waals surface area (Å²) < 4.78 is 18.7. The zero-order chi connectivity index (χ0) is 15.1. The van der Waals surface area contributed by atoms with Crippen LogP contribution in [0.25, 0.3) is 0 Å². The molecule has 0 amide bonds. The van der Waals surface area contributed by atoms with E-state index < -0.39 is 6.10 Å². The smallest absolute Gasteiger partial charge is 0.128 e. The molecule has 2 N–H and O–H groups in total. The standard InChI is InChI=1S/C16H17ClFNO2/c17-14-6-2-4-8-16(14)19-9-13(20)11-21-10-12-5-1-3-7-15(12)18/h1-8,13,19-20H,9-11H2. The molecule has 1 unspecified atom stereocenters. The van der Waals surface area contributed by atoms with Gasteiger partial charge >= 0.3 is 0 Å². The number of halogens is 2. The fourth-order valence-corrected chi connectivity index (χ4v) is 2.01. The van der Waals surface area contributed by atoms with Crippen molar-refractivity contribution in [2.24, 2.45) is 0 Å². The summed E-state index contributed by atoms with van der Waals surface area (Å²) in [4.78, 5) is 0. The second kappa shape index (κ2) is 7.98. The predicted octanol–water partition coefficient (Wildman–Crippen LogP) is 3.47. The zero-order valence-corrected chi connectivity index (χ0v) is 12.2. The SMILES string of the molecule is OC(CNc1ccccc1Cl)COCc1ccccc1F. The van der Waals surface area contributed by atoms with Crippen molar-refractivity contribution in [1.82, 2.24) is 0 Å². The molecule has 0 fully saturated rings. The second-order valence-corrected chi connectivity index (χ2v) is 5.03. The average Bonchev–Trinajstić information content (AvgIpc) is 2.48. The summed E-state index contributed by atoms with van der Waals surface area (Å²) in [5.74, 6) is -0.304. The first kappa shape index (κ1) is 15.8. The molecule has 1 atom stereocenters. The molecule has 2 rings (SSSR count). The summed E-state index contributed by atoms with van der Waals surface area (Å²) in [5, 5.41) is 13.5. The Morgan fingerprint density at radius 2 is 1.86 bits per heavy atom. The van der Waals surface area contributed by atoms with Gasteiger partial charge in [-0.15, -0.1) is 0 Å². The Bertz CT molecular complexity index is 580. The lowest BCUT2D eigenvalue weighted by molar-refractivity contribution is 0.0338. The lowest BCUT2D eigenvalue weighted by Gasteiger charge is -2.14. The predicted molar refractivity (Wildman–Crippen MR) is 82.0 cm³/mol. The van der Waals surface area contributed by atoms with Crippen molar-refractivity contribution in [3.63, 3.8) is 0 Å². The highest BCUT2D eigenvalue weighted by Gasteiger charge is 2.07. The maximum atomic E-state index is 13.4. The third kappa shape index (κ3) is 5.01. The van der Waals surface area contributed by atoms with Crippen molar-refractivity contribution in [1.29, 1.82) is 0 Å². The van der Waals surface area contributed by atoms with Gasteiger partial charge in [0.1, 0.15) is 5.82 Å². The lowest BCUT2D eigenvalue weighted by atomic mass is 10.2. The first-order valence-corrected chi connectivity index (χ1v) is 7.02. The lowest BCUT2D eigenvalue weighted by Crippen LogP contribution is -2.25. The maximum absolute atomic E-state index is 13.4. The van der Waals surface area contributed by atoms with Gasteiger partial charge in [0.05, 0.1) is 30.0 Å². The van der Waals surface area contributed by atoms with Gasteiger partial charge in [0.25, 0.3) is 0 Å². The maximum Gasteiger partial charge on any atom is 0.128 e.